The van der Waals surface area contributed by atoms with E-state index in [-0.39, 0.29) is 5.91 Å². The van der Waals surface area contributed by atoms with Gasteiger partial charge in [0.05, 0.1) is 17.4 Å². The summed E-state index contributed by atoms with van der Waals surface area (Å²) in [5.41, 5.74) is 4.44. The number of hydrogen-bond donors (Lipinski definition) is 1. The molecular weight excluding hydrogens is 260 g/mol. The van der Waals surface area contributed by atoms with Crippen molar-refractivity contribution in [3.05, 3.63) is 71.4 Å². The summed E-state index contributed by atoms with van der Waals surface area (Å²) in [5, 5.41) is 3.92. The number of benzene rings is 2. The first kappa shape index (κ1) is 13.3. The highest BCUT2D eigenvalue weighted by Gasteiger charge is 2.09. The van der Waals surface area contributed by atoms with Gasteiger partial charge in [-0.25, -0.2) is 0 Å². The van der Waals surface area contributed by atoms with Gasteiger partial charge in [-0.3, -0.25) is 9.78 Å². The fraction of sp³-hybridized carbons (Fsp3) is 0.111. The fourth-order valence-corrected chi connectivity index (χ4v) is 2.41. The number of nitrogens with zero attached hydrogens (tertiary/aromatic N) is 1. The summed E-state index contributed by atoms with van der Waals surface area (Å²) in [5.74, 6) is -0.107. The molecule has 0 radical (unpaired) electrons. The maximum atomic E-state index is 12.3. The van der Waals surface area contributed by atoms with Crippen LogP contribution in [0.4, 0.5) is 5.69 Å². The predicted octanol–water partition coefficient (Wildman–Crippen LogP) is 4.10. The van der Waals surface area contributed by atoms with Crippen molar-refractivity contribution >= 4 is 22.5 Å². The zero-order valence-electron chi connectivity index (χ0n) is 12.1. The number of aromatic nitrogens is 1. The highest BCUT2D eigenvalue weighted by atomic mass is 16.1. The summed E-state index contributed by atoms with van der Waals surface area (Å²) >= 11 is 0. The molecule has 1 N–H and O–H groups in total. The lowest BCUT2D eigenvalue weighted by molar-refractivity contribution is 0.102. The number of rotatable bonds is 2. The number of nitrogens with one attached hydrogen (secondary N) is 1. The molecule has 1 heterocycles. The molecule has 0 saturated heterocycles. The van der Waals surface area contributed by atoms with E-state index in [1.807, 2.05) is 62.4 Å². The molecule has 3 rings (SSSR count). The Morgan fingerprint density at radius 2 is 1.86 bits per heavy atom. The lowest BCUT2D eigenvalue weighted by Crippen LogP contribution is -2.13. The van der Waals surface area contributed by atoms with Crippen LogP contribution < -0.4 is 5.32 Å². The zero-order chi connectivity index (χ0) is 14.8. The highest BCUT2D eigenvalue weighted by Crippen LogP contribution is 2.18. The molecule has 1 aromatic heterocycles. The van der Waals surface area contributed by atoms with Crippen molar-refractivity contribution in [1.82, 2.24) is 4.98 Å². The van der Waals surface area contributed by atoms with Crippen molar-refractivity contribution in [1.29, 1.82) is 0 Å². The van der Waals surface area contributed by atoms with Crippen LogP contribution in [0.2, 0.25) is 0 Å². The summed E-state index contributed by atoms with van der Waals surface area (Å²) in [4.78, 5) is 16.7. The van der Waals surface area contributed by atoms with Gasteiger partial charge >= 0.3 is 0 Å². The molecular formula is C18H16N2O. The molecule has 3 heteroatoms. The van der Waals surface area contributed by atoms with E-state index in [0.29, 0.717) is 11.3 Å². The molecule has 3 aromatic rings. The Hall–Kier alpha value is -2.68. The van der Waals surface area contributed by atoms with Gasteiger partial charge < -0.3 is 5.32 Å². The molecule has 0 unspecified atom stereocenters. The monoisotopic (exact) mass is 276 g/mol. The van der Waals surface area contributed by atoms with Gasteiger partial charge in [0.15, 0.2) is 0 Å². The molecule has 0 bridgehead atoms. The molecule has 0 saturated carbocycles. The first-order valence-electron chi connectivity index (χ1n) is 6.87. The van der Waals surface area contributed by atoms with Crippen LogP contribution in [0.25, 0.3) is 10.9 Å². The lowest BCUT2D eigenvalue weighted by atomic mass is 10.1. The molecule has 2 aromatic carbocycles. The smallest absolute Gasteiger partial charge is 0.255 e. The van der Waals surface area contributed by atoms with Crippen LogP contribution in [0, 0.1) is 13.8 Å². The molecule has 0 aliphatic carbocycles. The van der Waals surface area contributed by atoms with Crippen LogP contribution in [0.5, 0.6) is 0 Å². The normalized spacial score (nSPS) is 10.6. The number of aryl methyl sites for hydroxylation is 2. The standard InChI is InChI=1S/C18H16N2O/c1-12-7-8-16(13(2)9-12)18(21)20-15-10-14-5-3-4-6-17(14)19-11-15/h3-11H,1-2H3,(H,20,21). The molecule has 0 aliphatic rings. The van der Waals surface area contributed by atoms with Gasteiger partial charge in [-0.2, -0.15) is 0 Å². The molecule has 1 amide bonds. The zero-order valence-corrected chi connectivity index (χ0v) is 12.1. The van der Waals surface area contributed by atoms with E-state index >= 15 is 0 Å². The van der Waals surface area contributed by atoms with E-state index < -0.39 is 0 Å². The minimum Gasteiger partial charge on any atom is -0.321 e. The minimum atomic E-state index is -0.107. The first-order chi connectivity index (χ1) is 10.1. The second-order valence-electron chi connectivity index (χ2n) is 5.19. The van der Waals surface area contributed by atoms with Crippen molar-refractivity contribution in [3.8, 4) is 0 Å². The third kappa shape index (κ3) is 2.77. The third-order valence-corrected chi connectivity index (χ3v) is 3.47. The van der Waals surface area contributed by atoms with Gasteiger partial charge in [0, 0.05) is 10.9 Å². The molecule has 104 valence electrons. The van der Waals surface area contributed by atoms with Gasteiger partial charge in [-0.1, -0.05) is 35.9 Å². The highest BCUT2D eigenvalue weighted by molar-refractivity contribution is 6.05. The number of carbonyl (C=O) groups excluding carboxylic acids is 1. The molecule has 0 fully saturated rings. The number of carbonyl (C=O) groups is 1. The second kappa shape index (κ2) is 5.37. The van der Waals surface area contributed by atoms with E-state index in [0.717, 1.165) is 22.0 Å². The Balaban J connectivity index is 1.89. The van der Waals surface area contributed by atoms with E-state index in [1.54, 1.807) is 6.20 Å². The Morgan fingerprint density at radius 3 is 2.67 bits per heavy atom. The van der Waals surface area contributed by atoms with Gasteiger partial charge in [0.2, 0.25) is 0 Å². The molecule has 0 aliphatic heterocycles. The number of anilines is 1. The fourth-order valence-electron chi connectivity index (χ4n) is 2.41. The second-order valence-corrected chi connectivity index (χ2v) is 5.19. The van der Waals surface area contributed by atoms with Crippen LogP contribution in [0.15, 0.2) is 54.7 Å². The predicted molar refractivity (Wildman–Crippen MR) is 85.6 cm³/mol. The Kier molecular flexibility index (Phi) is 3.40. The van der Waals surface area contributed by atoms with Crippen LogP contribution in [-0.2, 0) is 0 Å². The first-order valence-corrected chi connectivity index (χ1v) is 6.87. The summed E-state index contributed by atoms with van der Waals surface area (Å²) in [7, 11) is 0. The van der Waals surface area contributed by atoms with Crippen LogP contribution in [0.1, 0.15) is 21.5 Å². The Labute approximate surface area is 123 Å². The molecule has 0 spiro atoms. The molecule has 3 nitrogen and oxygen atoms in total. The Bertz CT molecular complexity index is 824. The lowest BCUT2D eigenvalue weighted by Gasteiger charge is -2.09. The van der Waals surface area contributed by atoms with Crippen molar-refractivity contribution in [2.75, 3.05) is 5.32 Å². The van der Waals surface area contributed by atoms with E-state index in [9.17, 15) is 4.79 Å². The van der Waals surface area contributed by atoms with Crippen molar-refractivity contribution in [2.24, 2.45) is 0 Å². The summed E-state index contributed by atoms with van der Waals surface area (Å²) in [6.45, 7) is 3.96. The summed E-state index contributed by atoms with van der Waals surface area (Å²) < 4.78 is 0. The Morgan fingerprint density at radius 1 is 1.05 bits per heavy atom. The number of para-hydroxylation sites is 1. The summed E-state index contributed by atoms with van der Waals surface area (Å²) in [6.07, 6.45) is 1.68. The SMILES string of the molecule is Cc1ccc(C(=O)Nc2cnc3ccccc3c2)c(C)c1. The van der Waals surface area contributed by atoms with Gasteiger partial charge in [0.1, 0.15) is 0 Å². The largest absolute Gasteiger partial charge is 0.321 e. The van der Waals surface area contributed by atoms with E-state index in [2.05, 4.69) is 10.3 Å². The van der Waals surface area contributed by atoms with Gasteiger partial charge in [0.25, 0.3) is 5.91 Å². The average Bonchev–Trinajstić information content (AvgIpc) is 2.47. The summed E-state index contributed by atoms with van der Waals surface area (Å²) in [6, 6.07) is 15.6. The number of hydrogen-bond acceptors (Lipinski definition) is 2. The van der Waals surface area contributed by atoms with Crippen LogP contribution >= 0.6 is 0 Å². The van der Waals surface area contributed by atoms with Crippen LogP contribution in [0.3, 0.4) is 0 Å². The number of amides is 1. The van der Waals surface area contributed by atoms with E-state index in [1.165, 1.54) is 0 Å². The molecule has 21 heavy (non-hydrogen) atoms. The number of pyridine rings is 1. The number of fused-ring (bicyclic) bond motifs is 1. The molecule has 0 atom stereocenters. The van der Waals surface area contributed by atoms with Crippen molar-refractivity contribution in [3.63, 3.8) is 0 Å². The average molecular weight is 276 g/mol. The van der Waals surface area contributed by atoms with Crippen molar-refractivity contribution in [2.45, 2.75) is 13.8 Å². The van der Waals surface area contributed by atoms with Gasteiger partial charge in [-0.05, 0) is 37.6 Å². The quantitative estimate of drug-likeness (QED) is 0.765. The topological polar surface area (TPSA) is 42.0 Å². The maximum Gasteiger partial charge on any atom is 0.255 e. The van der Waals surface area contributed by atoms with E-state index in [4.69, 9.17) is 0 Å². The van der Waals surface area contributed by atoms with Gasteiger partial charge in [-0.15, -0.1) is 0 Å². The maximum absolute atomic E-state index is 12.3. The third-order valence-electron chi connectivity index (χ3n) is 3.47. The van der Waals surface area contributed by atoms with Crippen molar-refractivity contribution < 1.29 is 4.79 Å². The van der Waals surface area contributed by atoms with Crippen LogP contribution in [-0.4, -0.2) is 10.9 Å². The minimum absolute atomic E-state index is 0.107.